The number of nitrogens with one attached hydrogen (secondary N) is 2. The average Bonchev–Trinajstić information content (AvgIpc) is 2.75. The van der Waals surface area contributed by atoms with Gasteiger partial charge >= 0.3 is 5.97 Å². The van der Waals surface area contributed by atoms with Crippen LogP contribution in [0.15, 0.2) is 60.7 Å². The number of carbonyl (C=O) groups is 2. The fraction of sp³-hybridized carbons (Fsp3) is 0.182. The first-order valence-corrected chi connectivity index (χ1v) is 9.37. The minimum Gasteiger partial charge on any atom is -0.462 e. The molecule has 0 spiro atoms. The lowest BCUT2D eigenvalue weighted by molar-refractivity contribution is 0.0526. The summed E-state index contributed by atoms with van der Waals surface area (Å²) in [5, 5.41) is 13.9. The first-order chi connectivity index (χ1) is 14.1. The van der Waals surface area contributed by atoms with Gasteiger partial charge in [-0.1, -0.05) is 19.1 Å². The van der Waals surface area contributed by atoms with Crippen LogP contribution in [0.5, 0.6) is 0 Å². The topological polar surface area (TPSA) is 93.2 Å². The van der Waals surface area contributed by atoms with E-state index < -0.39 is 0 Å². The first kappa shape index (κ1) is 20.0. The molecule has 2 aromatic carbocycles. The van der Waals surface area contributed by atoms with E-state index in [4.69, 9.17) is 4.74 Å². The van der Waals surface area contributed by atoms with Crippen LogP contribution in [0.1, 0.15) is 40.3 Å². The highest BCUT2D eigenvalue weighted by atomic mass is 16.5. The number of amides is 1. The Morgan fingerprint density at radius 1 is 0.862 bits per heavy atom. The van der Waals surface area contributed by atoms with E-state index >= 15 is 0 Å². The Labute approximate surface area is 169 Å². The van der Waals surface area contributed by atoms with Crippen LogP contribution in [0, 0.1) is 0 Å². The van der Waals surface area contributed by atoms with Gasteiger partial charge in [0.05, 0.1) is 12.2 Å². The van der Waals surface area contributed by atoms with Gasteiger partial charge in [-0.25, -0.2) is 4.79 Å². The van der Waals surface area contributed by atoms with E-state index in [0.29, 0.717) is 23.7 Å². The number of benzene rings is 2. The lowest BCUT2D eigenvalue weighted by Gasteiger charge is -2.08. The third kappa shape index (κ3) is 5.38. The largest absolute Gasteiger partial charge is 0.462 e. The molecule has 3 aromatic rings. The van der Waals surface area contributed by atoms with E-state index in [0.717, 1.165) is 12.1 Å². The van der Waals surface area contributed by atoms with Crippen LogP contribution in [-0.4, -0.2) is 28.7 Å². The maximum Gasteiger partial charge on any atom is 0.338 e. The Hall–Kier alpha value is -3.74. The van der Waals surface area contributed by atoms with Gasteiger partial charge in [-0.2, -0.15) is 0 Å². The Bertz CT molecular complexity index is 968. The number of esters is 1. The number of aromatic nitrogens is 2. The Kier molecular flexibility index (Phi) is 6.52. The number of hydrogen-bond donors (Lipinski definition) is 2. The Morgan fingerprint density at radius 3 is 2.14 bits per heavy atom. The highest BCUT2D eigenvalue weighted by Crippen LogP contribution is 2.16. The van der Waals surface area contributed by atoms with E-state index in [2.05, 4.69) is 27.8 Å². The van der Waals surface area contributed by atoms with E-state index in [-0.39, 0.29) is 17.6 Å². The van der Waals surface area contributed by atoms with Gasteiger partial charge in [0, 0.05) is 11.4 Å². The molecule has 0 unspecified atom stereocenters. The molecule has 0 saturated heterocycles. The number of carbonyl (C=O) groups excluding carboxylic acids is 2. The molecule has 1 aromatic heterocycles. The van der Waals surface area contributed by atoms with Gasteiger partial charge in [0.1, 0.15) is 0 Å². The van der Waals surface area contributed by atoms with Crippen molar-refractivity contribution < 1.29 is 14.3 Å². The van der Waals surface area contributed by atoms with Gasteiger partial charge < -0.3 is 15.4 Å². The predicted molar refractivity (Wildman–Crippen MR) is 111 cm³/mol. The van der Waals surface area contributed by atoms with Crippen LogP contribution >= 0.6 is 0 Å². The smallest absolute Gasteiger partial charge is 0.338 e. The highest BCUT2D eigenvalue weighted by Gasteiger charge is 2.10. The van der Waals surface area contributed by atoms with Gasteiger partial charge in [-0.05, 0) is 67.4 Å². The minimum absolute atomic E-state index is 0.216. The maximum atomic E-state index is 12.3. The molecule has 148 valence electrons. The second-order valence-corrected chi connectivity index (χ2v) is 6.23. The summed E-state index contributed by atoms with van der Waals surface area (Å²) >= 11 is 0. The van der Waals surface area contributed by atoms with Crippen LogP contribution in [0.25, 0.3) is 0 Å². The summed E-state index contributed by atoms with van der Waals surface area (Å²) in [5.74, 6) is -0.205. The van der Waals surface area contributed by atoms with Gasteiger partial charge in [0.25, 0.3) is 5.91 Å². The molecule has 1 amide bonds. The van der Waals surface area contributed by atoms with Crippen molar-refractivity contribution in [3.05, 3.63) is 77.5 Å². The Balaban J connectivity index is 1.60. The lowest BCUT2D eigenvalue weighted by atomic mass is 10.1. The van der Waals surface area contributed by atoms with Crippen LogP contribution in [0.4, 0.5) is 17.2 Å². The summed E-state index contributed by atoms with van der Waals surface area (Å²) in [4.78, 5) is 24.0. The summed E-state index contributed by atoms with van der Waals surface area (Å²) in [6.07, 6.45) is 0.944. The second-order valence-electron chi connectivity index (χ2n) is 6.23. The van der Waals surface area contributed by atoms with Crippen molar-refractivity contribution in [2.45, 2.75) is 20.3 Å². The molecular weight excluding hydrogens is 368 g/mol. The summed E-state index contributed by atoms with van der Waals surface area (Å²) in [6.45, 7) is 4.17. The summed E-state index contributed by atoms with van der Waals surface area (Å²) < 4.78 is 4.96. The summed E-state index contributed by atoms with van der Waals surface area (Å²) in [5.41, 5.74) is 3.34. The van der Waals surface area contributed by atoms with Gasteiger partial charge in [0.15, 0.2) is 11.5 Å². The SMILES string of the molecule is CCOC(=O)c1ccc(Nc2ccc(C(=O)Nc3ccc(CC)cc3)nn2)cc1. The van der Waals surface area contributed by atoms with E-state index in [1.54, 1.807) is 43.3 Å². The van der Waals surface area contributed by atoms with Crippen molar-refractivity contribution in [2.75, 3.05) is 17.2 Å². The summed E-state index contributed by atoms with van der Waals surface area (Å²) in [7, 11) is 0. The number of hydrogen-bond acceptors (Lipinski definition) is 6. The Morgan fingerprint density at radius 2 is 1.55 bits per heavy atom. The third-order valence-corrected chi connectivity index (χ3v) is 4.19. The van der Waals surface area contributed by atoms with Crippen molar-refractivity contribution in [1.82, 2.24) is 10.2 Å². The molecule has 0 aliphatic rings. The first-order valence-electron chi connectivity index (χ1n) is 9.37. The van der Waals surface area contributed by atoms with Crippen LogP contribution in [0.2, 0.25) is 0 Å². The average molecular weight is 390 g/mol. The molecule has 7 heteroatoms. The zero-order valence-corrected chi connectivity index (χ0v) is 16.3. The number of aryl methyl sites for hydroxylation is 1. The number of anilines is 3. The molecule has 7 nitrogen and oxygen atoms in total. The fourth-order valence-electron chi connectivity index (χ4n) is 2.59. The molecule has 3 rings (SSSR count). The normalized spacial score (nSPS) is 10.3. The van der Waals surface area contributed by atoms with Gasteiger partial charge in [0.2, 0.25) is 0 Å². The van der Waals surface area contributed by atoms with Gasteiger partial charge in [-0.15, -0.1) is 10.2 Å². The molecule has 0 aliphatic heterocycles. The molecular formula is C22H22N4O3. The van der Waals surface area contributed by atoms with E-state index in [1.165, 1.54) is 5.56 Å². The molecule has 0 bridgehead atoms. The maximum absolute atomic E-state index is 12.3. The number of ether oxygens (including phenoxy) is 1. The zero-order chi connectivity index (χ0) is 20.6. The van der Waals surface area contributed by atoms with E-state index in [1.807, 2.05) is 24.3 Å². The number of rotatable bonds is 7. The van der Waals surface area contributed by atoms with Crippen molar-refractivity contribution in [1.29, 1.82) is 0 Å². The highest BCUT2D eigenvalue weighted by molar-refractivity contribution is 6.02. The van der Waals surface area contributed by atoms with Gasteiger partial charge in [-0.3, -0.25) is 4.79 Å². The molecule has 29 heavy (non-hydrogen) atoms. The van der Waals surface area contributed by atoms with Crippen molar-refractivity contribution in [3.63, 3.8) is 0 Å². The molecule has 0 atom stereocenters. The van der Waals surface area contributed by atoms with Crippen LogP contribution in [-0.2, 0) is 11.2 Å². The molecule has 0 aliphatic carbocycles. The standard InChI is InChI=1S/C22H22N4O3/c1-3-15-5-9-18(10-6-15)24-21(27)19-13-14-20(26-25-19)23-17-11-7-16(8-12-17)22(28)29-4-2/h5-14H,3-4H2,1-2H3,(H,23,26)(H,24,27). The van der Waals surface area contributed by atoms with Crippen molar-refractivity contribution >= 4 is 29.1 Å². The molecule has 0 radical (unpaired) electrons. The molecule has 2 N–H and O–H groups in total. The quantitative estimate of drug-likeness (QED) is 0.587. The van der Waals surface area contributed by atoms with Crippen LogP contribution < -0.4 is 10.6 Å². The minimum atomic E-state index is -0.362. The summed E-state index contributed by atoms with van der Waals surface area (Å²) in [6, 6.07) is 17.8. The predicted octanol–water partition coefficient (Wildman–Crippen LogP) is 4.21. The molecule has 0 fully saturated rings. The third-order valence-electron chi connectivity index (χ3n) is 4.19. The van der Waals surface area contributed by atoms with Crippen LogP contribution in [0.3, 0.4) is 0 Å². The van der Waals surface area contributed by atoms with Crippen molar-refractivity contribution in [3.8, 4) is 0 Å². The number of nitrogens with zero attached hydrogens (tertiary/aromatic N) is 2. The van der Waals surface area contributed by atoms with Crippen molar-refractivity contribution in [2.24, 2.45) is 0 Å². The second kappa shape index (κ2) is 9.45. The zero-order valence-electron chi connectivity index (χ0n) is 16.3. The molecule has 1 heterocycles. The monoisotopic (exact) mass is 390 g/mol. The lowest BCUT2D eigenvalue weighted by Crippen LogP contribution is -2.14. The fourth-order valence-corrected chi connectivity index (χ4v) is 2.59. The van der Waals surface area contributed by atoms with E-state index in [9.17, 15) is 9.59 Å². The molecule has 0 saturated carbocycles.